The van der Waals surface area contributed by atoms with Gasteiger partial charge in [0.25, 0.3) is 0 Å². The SMILES string of the molecule is Cc1cnc(-c2nc(N3CCC(N)CC3)ccc2Cl)c(C)c1.Cc1cnc(-c2nc(N3CCC(NC(=O)CO)CC3)ccc2Cl)c(C)c1.O=C(O)CO.[2H]CF. The molecule has 2 saturated heterocycles. The number of hydrogen-bond acceptors (Lipinski definition) is 11. The smallest absolute Gasteiger partial charge is 0.329 e. The molecule has 6 heterocycles. The van der Waals surface area contributed by atoms with Crippen LogP contribution in [0.4, 0.5) is 16.0 Å². The number of aliphatic hydroxyl groups excluding tert-OH is 2. The summed E-state index contributed by atoms with van der Waals surface area (Å²) in [4.78, 5) is 43.5. The zero-order valence-electron chi connectivity index (χ0n) is 32.6. The predicted octanol–water partition coefficient (Wildman–Crippen LogP) is 5.48. The number of carbonyl (C=O) groups excluding carboxylic acids is 1. The van der Waals surface area contributed by atoms with Crippen molar-refractivity contribution in [2.24, 2.45) is 5.73 Å². The van der Waals surface area contributed by atoms with Gasteiger partial charge in [0, 0.05) is 50.7 Å². The molecule has 2 aliphatic heterocycles. The van der Waals surface area contributed by atoms with Gasteiger partial charge in [-0.15, -0.1) is 0 Å². The number of aromatic nitrogens is 4. The number of aryl methyl sites for hydroxylation is 4. The van der Waals surface area contributed by atoms with Gasteiger partial charge in [0.2, 0.25) is 5.91 Å². The third kappa shape index (κ3) is 13.4. The Bertz CT molecular complexity index is 1900. The summed E-state index contributed by atoms with van der Waals surface area (Å²) in [7, 11) is -1.00. The number of aliphatic carboxylic acids is 1. The molecular formula is C39H51Cl2FN8O5. The van der Waals surface area contributed by atoms with E-state index < -0.39 is 26.3 Å². The highest BCUT2D eigenvalue weighted by molar-refractivity contribution is 6.33. The number of carbonyl (C=O) groups is 2. The number of carboxylic acids is 1. The van der Waals surface area contributed by atoms with Gasteiger partial charge in [-0.25, -0.2) is 14.8 Å². The molecule has 0 aromatic carbocycles. The summed E-state index contributed by atoms with van der Waals surface area (Å²) >= 11 is 12.7. The Hall–Kier alpha value is -4.47. The average Bonchev–Trinajstić information content (AvgIpc) is 3.17. The molecule has 4 aromatic heterocycles. The maximum absolute atomic E-state index is 11.3. The quantitative estimate of drug-likeness (QED) is 0.158. The van der Waals surface area contributed by atoms with Crippen LogP contribution in [0.2, 0.25) is 10.0 Å². The fourth-order valence-corrected chi connectivity index (χ4v) is 6.52. The Labute approximate surface area is 333 Å². The molecule has 0 bridgehead atoms. The second-order valence-electron chi connectivity index (χ2n) is 13.2. The highest BCUT2D eigenvalue weighted by atomic mass is 35.5. The zero-order valence-corrected chi connectivity index (χ0v) is 33.1. The zero-order chi connectivity index (χ0) is 41.4. The minimum absolute atomic E-state index is 0.0960. The Morgan fingerprint density at radius 3 is 1.56 bits per heavy atom. The number of nitrogens with zero attached hydrogens (tertiary/aromatic N) is 6. The van der Waals surface area contributed by atoms with Crippen molar-refractivity contribution in [2.45, 2.75) is 65.5 Å². The Balaban J connectivity index is 0.000000255. The first-order chi connectivity index (χ1) is 26.7. The van der Waals surface area contributed by atoms with Crippen LogP contribution in [0.1, 0.15) is 49.3 Å². The first-order valence-electron chi connectivity index (χ1n) is 18.5. The van der Waals surface area contributed by atoms with Gasteiger partial charge in [0.05, 0.1) is 30.0 Å². The van der Waals surface area contributed by atoms with Gasteiger partial charge >= 0.3 is 5.97 Å². The van der Waals surface area contributed by atoms with Gasteiger partial charge in [-0.2, -0.15) is 0 Å². The van der Waals surface area contributed by atoms with Crippen LogP contribution in [0.15, 0.2) is 48.8 Å². The van der Waals surface area contributed by atoms with E-state index in [-0.39, 0.29) is 11.9 Å². The van der Waals surface area contributed by atoms with E-state index in [1.54, 1.807) is 0 Å². The number of hydrogen-bond donors (Lipinski definition) is 5. The number of nitrogens with two attached hydrogens (primary N) is 1. The molecule has 16 heteroatoms. The van der Waals surface area contributed by atoms with E-state index >= 15 is 0 Å². The summed E-state index contributed by atoms with van der Waals surface area (Å²) < 4.78 is 15.5. The van der Waals surface area contributed by atoms with Crippen molar-refractivity contribution in [1.82, 2.24) is 25.3 Å². The van der Waals surface area contributed by atoms with Crippen LogP contribution < -0.4 is 20.9 Å². The van der Waals surface area contributed by atoms with Crippen molar-refractivity contribution in [3.05, 3.63) is 81.1 Å². The van der Waals surface area contributed by atoms with Crippen LogP contribution in [-0.2, 0) is 9.59 Å². The predicted molar refractivity (Wildman–Crippen MR) is 216 cm³/mol. The maximum atomic E-state index is 11.3. The molecule has 0 spiro atoms. The third-order valence-corrected chi connectivity index (χ3v) is 9.48. The van der Waals surface area contributed by atoms with Crippen LogP contribution in [0.5, 0.6) is 0 Å². The van der Waals surface area contributed by atoms with Gasteiger partial charge < -0.3 is 36.2 Å². The van der Waals surface area contributed by atoms with Crippen molar-refractivity contribution in [3.63, 3.8) is 0 Å². The summed E-state index contributed by atoms with van der Waals surface area (Å²) in [5, 5.41) is 27.9. The molecular weight excluding hydrogens is 750 g/mol. The topological polar surface area (TPSA) is 191 Å². The van der Waals surface area contributed by atoms with Gasteiger partial charge in [-0.05, 0) is 99.9 Å². The fourth-order valence-electron chi connectivity index (χ4n) is 6.13. The van der Waals surface area contributed by atoms with Crippen LogP contribution in [0.25, 0.3) is 22.8 Å². The lowest BCUT2D eigenvalue weighted by atomic mass is 10.0. The van der Waals surface area contributed by atoms with Gasteiger partial charge in [-0.3, -0.25) is 19.2 Å². The van der Waals surface area contributed by atoms with Crippen molar-refractivity contribution in [3.8, 4) is 22.8 Å². The molecule has 2 fully saturated rings. The minimum Gasteiger partial charge on any atom is -0.480 e. The van der Waals surface area contributed by atoms with Gasteiger partial charge in [0.15, 0.2) is 0 Å². The molecule has 0 aliphatic carbocycles. The molecule has 1 amide bonds. The first kappa shape index (κ1) is 43.3. The number of piperidine rings is 2. The van der Waals surface area contributed by atoms with Crippen molar-refractivity contribution < 1.29 is 30.7 Å². The summed E-state index contributed by atoms with van der Waals surface area (Å²) in [6.07, 6.45) is 7.30. The van der Waals surface area contributed by atoms with Crippen LogP contribution in [0, 0.1) is 27.7 Å². The van der Waals surface area contributed by atoms with Crippen LogP contribution in [-0.4, -0.2) is 106 Å². The number of rotatable bonds is 7. The number of pyridine rings is 4. The van der Waals surface area contributed by atoms with E-state index in [2.05, 4.69) is 37.2 Å². The number of carboxylic acid groups (broad SMARTS) is 1. The average molecular weight is 803 g/mol. The maximum Gasteiger partial charge on any atom is 0.329 e. The van der Waals surface area contributed by atoms with E-state index in [4.69, 9.17) is 60.4 Å². The van der Waals surface area contributed by atoms with E-state index in [1.165, 1.54) is 0 Å². The molecule has 55 heavy (non-hydrogen) atoms. The number of halogens is 3. The Kier molecular flexibility index (Phi) is 17.4. The molecule has 13 nitrogen and oxygen atoms in total. The number of nitrogens with one attached hydrogen (secondary N) is 1. The molecule has 4 aromatic rings. The lowest BCUT2D eigenvalue weighted by Crippen LogP contribution is -2.45. The summed E-state index contributed by atoms with van der Waals surface area (Å²) in [6.45, 7) is 10.3. The van der Waals surface area contributed by atoms with Gasteiger partial charge in [0.1, 0.15) is 36.2 Å². The lowest BCUT2D eigenvalue weighted by molar-refractivity contribution is -0.140. The summed E-state index contributed by atoms with van der Waals surface area (Å²) in [6, 6.07) is 12.3. The van der Waals surface area contributed by atoms with Crippen molar-refractivity contribution in [1.29, 1.82) is 0 Å². The standard InChI is InChI=1S/C19H23ClN4O2.C17H21ClN4.C2H4O3.CH3F/c1-12-9-13(2)18(21-10-12)19-15(20)3-4-16(23-19)24-7-5-14(6-8-24)22-17(26)11-25;1-11-9-12(2)16(20-10-11)17-14(18)3-4-15(21-17)22-7-5-13(19)6-8-22;3-1-2(4)5;1-2/h3-4,9-10,14,25H,5-8,11H2,1-2H3,(H,22,26);3-4,9-10,13H,5-8,19H2,1-2H3;3H,1H2,(H,4,5);1H3/i;;;1D. The van der Waals surface area contributed by atoms with Crippen LogP contribution >= 0.6 is 23.2 Å². The lowest BCUT2D eigenvalue weighted by Gasteiger charge is -2.33. The molecule has 298 valence electrons. The molecule has 0 unspecified atom stereocenters. The Morgan fingerprint density at radius 2 is 1.20 bits per heavy atom. The van der Waals surface area contributed by atoms with Crippen molar-refractivity contribution >= 4 is 46.7 Å². The second kappa shape index (κ2) is 22.2. The number of alkyl halides is 1. The van der Waals surface area contributed by atoms with E-state index in [0.29, 0.717) is 21.8 Å². The first-order valence-corrected chi connectivity index (χ1v) is 18.5. The number of aliphatic hydroxyl groups is 2. The molecule has 6 N–H and O–H groups in total. The fraction of sp³-hybridized carbons (Fsp3) is 0.436. The Morgan fingerprint density at radius 1 is 0.800 bits per heavy atom. The molecule has 0 radical (unpaired) electrons. The van der Waals surface area contributed by atoms with E-state index in [1.807, 2.05) is 64.4 Å². The normalized spacial score (nSPS) is 14.6. The molecule has 6 rings (SSSR count). The third-order valence-electron chi connectivity index (χ3n) is 8.87. The largest absolute Gasteiger partial charge is 0.480 e. The van der Waals surface area contributed by atoms with Crippen LogP contribution in [0.3, 0.4) is 0 Å². The highest BCUT2D eigenvalue weighted by Crippen LogP contribution is 2.32. The summed E-state index contributed by atoms with van der Waals surface area (Å²) in [5.41, 5.74) is 13.4. The molecule has 0 atom stereocenters. The molecule has 2 aliphatic rings. The number of anilines is 2. The monoisotopic (exact) mass is 801 g/mol. The second-order valence-corrected chi connectivity index (χ2v) is 14.0. The number of amides is 1. The minimum atomic E-state index is -1.19. The van der Waals surface area contributed by atoms with Crippen molar-refractivity contribution in [2.75, 3.05) is 56.3 Å². The van der Waals surface area contributed by atoms with E-state index in [0.717, 1.165) is 103 Å². The van der Waals surface area contributed by atoms with Gasteiger partial charge in [-0.1, -0.05) is 35.3 Å². The van der Waals surface area contributed by atoms with E-state index in [9.17, 15) is 9.18 Å². The molecule has 0 saturated carbocycles. The highest BCUT2D eigenvalue weighted by Gasteiger charge is 2.23. The summed E-state index contributed by atoms with van der Waals surface area (Å²) in [5.74, 6) is 0.299.